The van der Waals surface area contributed by atoms with Gasteiger partial charge < -0.3 is 15.1 Å². The van der Waals surface area contributed by atoms with Gasteiger partial charge in [0.15, 0.2) is 11.5 Å². The Kier molecular flexibility index (Phi) is 3.06. The number of carbonyl (C=O) groups excluding carboxylic acids is 1. The van der Waals surface area contributed by atoms with Crippen molar-refractivity contribution in [2.24, 2.45) is 0 Å². The van der Waals surface area contributed by atoms with Crippen LogP contribution in [-0.4, -0.2) is 27.6 Å². The van der Waals surface area contributed by atoms with E-state index in [2.05, 4.69) is 6.07 Å². The van der Waals surface area contributed by atoms with Gasteiger partial charge in [0, 0.05) is 18.7 Å². The van der Waals surface area contributed by atoms with Gasteiger partial charge in [-0.2, -0.15) is 0 Å². The van der Waals surface area contributed by atoms with Crippen molar-refractivity contribution in [3.63, 3.8) is 0 Å². The number of aromatic hydroxyl groups is 2. The Balaban J connectivity index is 1.84. The minimum absolute atomic E-state index is 0.130. The normalized spacial score (nSPS) is 13.9. The van der Waals surface area contributed by atoms with Crippen molar-refractivity contribution in [2.75, 3.05) is 6.54 Å². The van der Waals surface area contributed by atoms with Crippen LogP contribution in [0.2, 0.25) is 0 Å². The fraction of sp³-hybridized carbons (Fsp3) is 0.188. The second-order valence-corrected chi connectivity index (χ2v) is 4.95. The summed E-state index contributed by atoms with van der Waals surface area (Å²) in [5.41, 5.74) is 2.83. The summed E-state index contributed by atoms with van der Waals surface area (Å²) in [6.45, 7) is 1.24. The molecule has 102 valence electrons. The summed E-state index contributed by atoms with van der Waals surface area (Å²) < 4.78 is 0. The van der Waals surface area contributed by atoms with Crippen molar-refractivity contribution in [2.45, 2.75) is 13.0 Å². The second kappa shape index (κ2) is 4.89. The Bertz CT molecular complexity index is 667. The number of fused-ring (bicyclic) bond motifs is 1. The average molecular weight is 269 g/mol. The molecule has 2 N–H and O–H groups in total. The Labute approximate surface area is 116 Å². The number of phenols is 2. The number of nitrogens with zero attached hydrogens (tertiary/aromatic N) is 1. The van der Waals surface area contributed by atoms with Gasteiger partial charge >= 0.3 is 0 Å². The quantitative estimate of drug-likeness (QED) is 0.781. The zero-order valence-electron chi connectivity index (χ0n) is 10.9. The summed E-state index contributed by atoms with van der Waals surface area (Å²) in [6.07, 6.45) is 0.839. The summed E-state index contributed by atoms with van der Waals surface area (Å²) in [5, 5.41) is 18.8. The zero-order chi connectivity index (χ0) is 14.1. The molecule has 1 aliphatic rings. The molecule has 0 unspecified atom stereocenters. The fourth-order valence-electron chi connectivity index (χ4n) is 2.51. The number of carbonyl (C=O) groups is 1. The fourth-order valence-corrected chi connectivity index (χ4v) is 2.51. The molecule has 0 aliphatic carbocycles. The lowest BCUT2D eigenvalue weighted by molar-refractivity contribution is 0.0734. The highest BCUT2D eigenvalue weighted by Crippen LogP contribution is 2.27. The van der Waals surface area contributed by atoms with Crippen molar-refractivity contribution < 1.29 is 15.0 Å². The molecule has 3 rings (SSSR count). The molecule has 4 nitrogen and oxygen atoms in total. The molecule has 0 aromatic heterocycles. The van der Waals surface area contributed by atoms with Gasteiger partial charge in [0.2, 0.25) is 0 Å². The molecule has 0 saturated heterocycles. The summed E-state index contributed by atoms with van der Waals surface area (Å²) in [5.74, 6) is -0.617. The maximum atomic E-state index is 12.4. The van der Waals surface area contributed by atoms with Crippen molar-refractivity contribution in [3.8, 4) is 11.5 Å². The molecule has 0 radical (unpaired) electrons. The molecule has 2 aromatic rings. The molecular weight excluding hydrogens is 254 g/mol. The second-order valence-electron chi connectivity index (χ2n) is 4.95. The zero-order valence-corrected chi connectivity index (χ0v) is 10.9. The molecule has 4 heteroatoms. The van der Waals surface area contributed by atoms with Crippen LogP contribution in [0.3, 0.4) is 0 Å². The van der Waals surface area contributed by atoms with E-state index in [4.69, 9.17) is 0 Å². The molecule has 20 heavy (non-hydrogen) atoms. The number of amides is 1. The lowest BCUT2D eigenvalue weighted by Gasteiger charge is -2.29. The molecule has 0 fully saturated rings. The standard InChI is InChI=1S/C16H15NO3/c18-14-6-5-12(9-15(14)19)16(20)17-8-7-11-3-1-2-4-13(11)10-17/h1-6,9,18-19H,7-8,10H2. The number of benzene rings is 2. The van der Waals surface area contributed by atoms with Crippen LogP contribution in [0.4, 0.5) is 0 Å². The Morgan fingerprint density at radius 2 is 1.75 bits per heavy atom. The van der Waals surface area contributed by atoms with Gasteiger partial charge in [-0.05, 0) is 35.7 Å². The molecular formula is C16H15NO3. The highest BCUT2D eigenvalue weighted by molar-refractivity contribution is 5.95. The molecule has 0 atom stereocenters. The van der Waals surface area contributed by atoms with Crippen LogP contribution in [0.5, 0.6) is 11.5 Å². The van der Waals surface area contributed by atoms with Crippen molar-refractivity contribution in [3.05, 3.63) is 59.2 Å². The number of hydrogen-bond acceptors (Lipinski definition) is 3. The van der Waals surface area contributed by atoms with Gasteiger partial charge in [-0.1, -0.05) is 24.3 Å². The minimum Gasteiger partial charge on any atom is -0.504 e. The molecule has 1 aliphatic heterocycles. The van der Waals surface area contributed by atoms with E-state index in [1.807, 2.05) is 18.2 Å². The first kappa shape index (κ1) is 12.5. The number of hydrogen-bond donors (Lipinski definition) is 2. The van der Waals surface area contributed by atoms with Gasteiger partial charge in [-0.25, -0.2) is 0 Å². The van der Waals surface area contributed by atoms with E-state index in [0.29, 0.717) is 18.7 Å². The third-order valence-electron chi connectivity index (χ3n) is 3.64. The highest BCUT2D eigenvalue weighted by atomic mass is 16.3. The lowest BCUT2D eigenvalue weighted by Crippen LogP contribution is -2.35. The van der Waals surface area contributed by atoms with Gasteiger partial charge in [-0.3, -0.25) is 4.79 Å². The summed E-state index contributed by atoms with van der Waals surface area (Å²) in [4.78, 5) is 14.2. The molecule has 0 bridgehead atoms. The van der Waals surface area contributed by atoms with Gasteiger partial charge in [-0.15, -0.1) is 0 Å². The van der Waals surface area contributed by atoms with Gasteiger partial charge in [0.25, 0.3) is 5.91 Å². The first-order valence-corrected chi connectivity index (χ1v) is 6.53. The van der Waals surface area contributed by atoms with E-state index in [-0.39, 0.29) is 17.4 Å². The molecule has 0 spiro atoms. The van der Waals surface area contributed by atoms with Crippen LogP contribution in [0.15, 0.2) is 42.5 Å². The largest absolute Gasteiger partial charge is 0.504 e. The van der Waals surface area contributed by atoms with Crippen molar-refractivity contribution in [1.82, 2.24) is 4.90 Å². The Hall–Kier alpha value is -2.49. The van der Waals surface area contributed by atoms with Crippen molar-refractivity contribution in [1.29, 1.82) is 0 Å². The van der Waals surface area contributed by atoms with E-state index >= 15 is 0 Å². The summed E-state index contributed by atoms with van der Waals surface area (Å²) in [6, 6.07) is 12.3. The van der Waals surface area contributed by atoms with Crippen LogP contribution in [-0.2, 0) is 13.0 Å². The van der Waals surface area contributed by atoms with Gasteiger partial charge in [0.05, 0.1) is 0 Å². The predicted octanol–water partition coefficient (Wildman–Crippen LogP) is 2.30. The first-order chi connectivity index (χ1) is 9.65. The van der Waals surface area contributed by atoms with Crippen LogP contribution < -0.4 is 0 Å². The summed E-state index contributed by atoms with van der Waals surface area (Å²) in [7, 11) is 0. The van der Waals surface area contributed by atoms with E-state index in [1.165, 1.54) is 23.8 Å². The molecule has 2 aromatic carbocycles. The smallest absolute Gasteiger partial charge is 0.254 e. The maximum Gasteiger partial charge on any atom is 0.254 e. The number of phenolic OH excluding ortho intramolecular Hbond substituents is 2. The molecule has 1 heterocycles. The van der Waals surface area contributed by atoms with E-state index in [9.17, 15) is 15.0 Å². The van der Waals surface area contributed by atoms with Crippen LogP contribution in [0, 0.1) is 0 Å². The van der Waals surface area contributed by atoms with E-state index < -0.39 is 0 Å². The average Bonchev–Trinajstić information content (AvgIpc) is 2.49. The molecule has 1 amide bonds. The summed E-state index contributed by atoms with van der Waals surface area (Å²) >= 11 is 0. The van der Waals surface area contributed by atoms with Crippen molar-refractivity contribution >= 4 is 5.91 Å². The van der Waals surface area contributed by atoms with Crippen LogP contribution in [0.1, 0.15) is 21.5 Å². The predicted molar refractivity (Wildman–Crippen MR) is 74.7 cm³/mol. The van der Waals surface area contributed by atoms with Gasteiger partial charge in [0.1, 0.15) is 0 Å². The Morgan fingerprint density at radius 3 is 2.50 bits per heavy atom. The topological polar surface area (TPSA) is 60.8 Å². The lowest BCUT2D eigenvalue weighted by atomic mass is 9.99. The molecule has 0 saturated carbocycles. The minimum atomic E-state index is -0.270. The Morgan fingerprint density at radius 1 is 1.00 bits per heavy atom. The van der Waals surface area contributed by atoms with E-state index in [1.54, 1.807) is 4.90 Å². The van der Waals surface area contributed by atoms with Crippen LogP contribution >= 0.6 is 0 Å². The monoisotopic (exact) mass is 269 g/mol. The van der Waals surface area contributed by atoms with E-state index in [0.717, 1.165) is 12.0 Å². The third kappa shape index (κ3) is 2.20. The van der Waals surface area contributed by atoms with Crippen LogP contribution in [0.25, 0.3) is 0 Å². The third-order valence-corrected chi connectivity index (χ3v) is 3.64. The highest BCUT2D eigenvalue weighted by Gasteiger charge is 2.22. The maximum absolute atomic E-state index is 12.4. The SMILES string of the molecule is O=C(c1ccc(O)c(O)c1)N1CCc2ccccc2C1. The number of rotatable bonds is 1. The first-order valence-electron chi connectivity index (χ1n) is 6.53.